The van der Waals surface area contributed by atoms with Gasteiger partial charge in [-0.15, -0.1) is 0 Å². The van der Waals surface area contributed by atoms with Crippen LogP contribution in [0.5, 0.6) is 11.5 Å². The molecule has 0 bridgehead atoms. The maximum Gasteiger partial charge on any atom is 0.161 e. The van der Waals surface area contributed by atoms with E-state index >= 15 is 0 Å². The highest BCUT2D eigenvalue weighted by Gasteiger charge is 2.17. The van der Waals surface area contributed by atoms with Crippen LogP contribution < -0.4 is 9.47 Å². The molecule has 1 aliphatic rings. The normalized spacial score (nSPS) is 15.8. The van der Waals surface area contributed by atoms with Gasteiger partial charge >= 0.3 is 0 Å². The van der Waals surface area contributed by atoms with Crippen LogP contribution in [0.4, 0.5) is 0 Å². The summed E-state index contributed by atoms with van der Waals surface area (Å²) in [6.45, 7) is 11.2. The van der Waals surface area contributed by atoms with Crippen molar-refractivity contribution in [1.82, 2.24) is 9.80 Å². The summed E-state index contributed by atoms with van der Waals surface area (Å²) < 4.78 is 11.1. The first-order valence-corrected chi connectivity index (χ1v) is 9.48. The van der Waals surface area contributed by atoms with Gasteiger partial charge in [-0.1, -0.05) is 35.9 Å². The quantitative estimate of drug-likeness (QED) is 0.757. The molecule has 2 aromatic carbocycles. The highest BCUT2D eigenvalue weighted by atomic mass is 16.5. The van der Waals surface area contributed by atoms with Crippen LogP contribution in [0.2, 0.25) is 0 Å². The smallest absolute Gasteiger partial charge is 0.161 e. The molecular weight excluding hydrogens is 324 g/mol. The molecule has 0 unspecified atom stereocenters. The molecule has 1 saturated heterocycles. The van der Waals surface area contributed by atoms with Gasteiger partial charge in [0.1, 0.15) is 0 Å². The molecule has 0 saturated carbocycles. The molecule has 1 fully saturated rings. The lowest BCUT2D eigenvalue weighted by atomic mass is 10.1. The van der Waals surface area contributed by atoms with Crippen LogP contribution in [-0.4, -0.2) is 49.7 Å². The fourth-order valence-electron chi connectivity index (χ4n) is 3.40. The number of rotatable bonds is 7. The molecule has 0 aromatic heterocycles. The zero-order valence-corrected chi connectivity index (χ0v) is 16.2. The van der Waals surface area contributed by atoms with Crippen LogP contribution >= 0.6 is 0 Å². The van der Waals surface area contributed by atoms with Crippen molar-refractivity contribution < 1.29 is 9.47 Å². The molecule has 0 spiro atoms. The van der Waals surface area contributed by atoms with Crippen LogP contribution in [0, 0.1) is 6.92 Å². The molecule has 26 heavy (non-hydrogen) atoms. The Morgan fingerprint density at radius 3 is 1.96 bits per heavy atom. The zero-order chi connectivity index (χ0) is 18.4. The molecule has 4 heteroatoms. The average Bonchev–Trinajstić information content (AvgIpc) is 2.66. The minimum Gasteiger partial charge on any atom is -0.493 e. The number of nitrogens with zero attached hydrogens (tertiary/aromatic N) is 2. The van der Waals surface area contributed by atoms with Gasteiger partial charge in [0.15, 0.2) is 11.5 Å². The summed E-state index contributed by atoms with van der Waals surface area (Å²) in [6.07, 6.45) is 0. The van der Waals surface area contributed by atoms with Gasteiger partial charge in [-0.3, -0.25) is 9.80 Å². The highest BCUT2D eigenvalue weighted by Crippen LogP contribution is 2.28. The first kappa shape index (κ1) is 18.7. The predicted octanol–water partition coefficient (Wildman–Crippen LogP) is 3.72. The largest absolute Gasteiger partial charge is 0.493 e. The Hall–Kier alpha value is -2.04. The van der Waals surface area contributed by atoms with Gasteiger partial charge in [-0.25, -0.2) is 0 Å². The van der Waals surface area contributed by atoms with Crippen LogP contribution in [0.1, 0.15) is 23.6 Å². The topological polar surface area (TPSA) is 24.9 Å². The van der Waals surface area contributed by atoms with E-state index in [2.05, 4.69) is 53.1 Å². The number of aryl methyl sites for hydroxylation is 1. The van der Waals surface area contributed by atoms with Crippen molar-refractivity contribution in [1.29, 1.82) is 0 Å². The monoisotopic (exact) mass is 354 g/mol. The maximum absolute atomic E-state index is 5.70. The van der Waals surface area contributed by atoms with E-state index in [0.29, 0.717) is 6.61 Å². The molecule has 0 radical (unpaired) electrons. The third-order valence-electron chi connectivity index (χ3n) is 4.93. The van der Waals surface area contributed by atoms with E-state index in [0.717, 1.165) is 50.8 Å². The Balaban J connectivity index is 1.52. The van der Waals surface area contributed by atoms with Crippen molar-refractivity contribution in [3.05, 3.63) is 59.2 Å². The van der Waals surface area contributed by atoms with Crippen molar-refractivity contribution in [3.8, 4) is 11.5 Å². The van der Waals surface area contributed by atoms with Crippen LogP contribution in [0.25, 0.3) is 0 Å². The number of benzene rings is 2. The lowest BCUT2D eigenvalue weighted by Crippen LogP contribution is -2.45. The molecule has 0 aliphatic carbocycles. The molecule has 3 rings (SSSR count). The van der Waals surface area contributed by atoms with E-state index < -0.39 is 0 Å². The molecule has 0 atom stereocenters. The predicted molar refractivity (Wildman–Crippen MR) is 106 cm³/mol. The minimum absolute atomic E-state index is 0.650. The third kappa shape index (κ3) is 4.99. The lowest BCUT2D eigenvalue weighted by Gasteiger charge is -2.34. The second-order valence-corrected chi connectivity index (χ2v) is 6.96. The second-order valence-electron chi connectivity index (χ2n) is 6.96. The van der Waals surface area contributed by atoms with Crippen LogP contribution in [-0.2, 0) is 13.1 Å². The summed E-state index contributed by atoms with van der Waals surface area (Å²) in [5.74, 6) is 1.64. The number of hydrogen-bond donors (Lipinski definition) is 0. The van der Waals surface area contributed by atoms with E-state index in [1.165, 1.54) is 16.7 Å². The van der Waals surface area contributed by atoms with Crippen LogP contribution in [0.15, 0.2) is 42.5 Å². The summed E-state index contributed by atoms with van der Waals surface area (Å²) in [6, 6.07) is 15.1. The van der Waals surface area contributed by atoms with Gasteiger partial charge in [0.05, 0.1) is 13.7 Å². The van der Waals surface area contributed by atoms with Gasteiger partial charge in [0.2, 0.25) is 0 Å². The summed E-state index contributed by atoms with van der Waals surface area (Å²) in [7, 11) is 1.69. The molecule has 2 aromatic rings. The Morgan fingerprint density at radius 1 is 0.808 bits per heavy atom. The Bertz CT molecular complexity index is 692. The number of ether oxygens (including phenoxy) is 2. The van der Waals surface area contributed by atoms with E-state index in [4.69, 9.17) is 9.47 Å². The molecular formula is C22H30N2O2. The molecule has 1 aliphatic heterocycles. The Morgan fingerprint density at radius 2 is 1.38 bits per heavy atom. The molecule has 0 amide bonds. The van der Waals surface area contributed by atoms with E-state index in [1.807, 2.05) is 13.0 Å². The number of methoxy groups -OCH3 is 1. The second kappa shape index (κ2) is 9.06. The molecule has 0 N–H and O–H groups in total. The van der Waals surface area contributed by atoms with Crippen molar-refractivity contribution >= 4 is 0 Å². The molecule has 4 nitrogen and oxygen atoms in total. The van der Waals surface area contributed by atoms with Gasteiger partial charge in [0.25, 0.3) is 0 Å². The number of piperazine rings is 1. The van der Waals surface area contributed by atoms with Gasteiger partial charge in [-0.2, -0.15) is 0 Å². The van der Waals surface area contributed by atoms with Crippen LogP contribution in [0.3, 0.4) is 0 Å². The fraction of sp³-hybridized carbons (Fsp3) is 0.455. The minimum atomic E-state index is 0.650. The van der Waals surface area contributed by atoms with Gasteiger partial charge in [-0.05, 0) is 37.1 Å². The summed E-state index contributed by atoms with van der Waals surface area (Å²) in [4.78, 5) is 5.06. The Labute approximate surface area is 157 Å². The first-order valence-electron chi connectivity index (χ1n) is 9.48. The van der Waals surface area contributed by atoms with Crippen molar-refractivity contribution in [2.45, 2.75) is 26.9 Å². The maximum atomic E-state index is 5.70. The zero-order valence-electron chi connectivity index (χ0n) is 16.2. The summed E-state index contributed by atoms with van der Waals surface area (Å²) in [5, 5.41) is 0. The van der Waals surface area contributed by atoms with Crippen molar-refractivity contribution in [2.24, 2.45) is 0 Å². The average molecular weight is 354 g/mol. The third-order valence-corrected chi connectivity index (χ3v) is 4.93. The van der Waals surface area contributed by atoms with E-state index in [1.54, 1.807) is 7.11 Å². The van der Waals surface area contributed by atoms with Crippen molar-refractivity contribution in [3.63, 3.8) is 0 Å². The summed E-state index contributed by atoms with van der Waals surface area (Å²) in [5.41, 5.74) is 4.01. The Kier molecular flexibility index (Phi) is 6.53. The standard InChI is InChI=1S/C22H30N2O2/c1-4-26-22-15-20(9-10-21(22)25-3)17-24-13-11-23(12-14-24)16-19-7-5-18(2)6-8-19/h5-10,15H,4,11-14,16-17H2,1-3H3. The fourth-order valence-corrected chi connectivity index (χ4v) is 3.40. The van der Waals surface area contributed by atoms with Gasteiger partial charge in [0, 0.05) is 39.3 Å². The van der Waals surface area contributed by atoms with E-state index in [9.17, 15) is 0 Å². The van der Waals surface area contributed by atoms with Gasteiger partial charge < -0.3 is 9.47 Å². The van der Waals surface area contributed by atoms with E-state index in [-0.39, 0.29) is 0 Å². The highest BCUT2D eigenvalue weighted by molar-refractivity contribution is 5.43. The molecule has 140 valence electrons. The first-order chi connectivity index (χ1) is 12.7. The molecule has 1 heterocycles. The lowest BCUT2D eigenvalue weighted by molar-refractivity contribution is 0.122. The SMILES string of the molecule is CCOc1cc(CN2CCN(Cc3ccc(C)cc3)CC2)ccc1OC. The summed E-state index contributed by atoms with van der Waals surface area (Å²) >= 11 is 0. The number of hydrogen-bond acceptors (Lipinski definition) is 4. The van der Waals surface area contributed by atoms with Crippen molar-refractivity contribution in [2.75, 3.05) is 39.9 Å².